The molecule has 3 N–H and O–H groups in total. The Morgan fingerprint density at radius 3 is 0.902 bits per heavy atom. The average Bonchev–Trinajstić information content (AvgIpc) is 2.90. The molecule has 0 amide bonds. The molecule has 0 radical (unpaired) electrons. The average molecular weight is 578 g/mol. The third-order valence-electron chi connectivity index (χ3n) is 5.02. The summed E-state index contributed by atoms with van der Waals surface area (Å²) in [4.78, 5) is 32.0. The van der Waals surface area contributed by atoms with Crippen molar-refractivity contribution in [3.63, 3.8) is 0 Å². The van der Waals surface area contributed by atoms with Crippen LogP contribution in [0, 0.1) is 0 Å². The maximum absolute atomic E-state index is 8.50. The largest absolute Gasteiger partial charge is 0.741 e. The minimum Gasteiger partial charge on any atom is -0.480 e. The van der Waals surface area contributed by atoms with E-state index in [9.17, 15) is 0 Å². The smallest absolute Gasteiger partial charge is 0.480 e. The van der Waals surface area contributed by atoms with Crippen LogP contribution in [-0.4, -0.2) is 80.4 Å². The van der Waals surface area contributed by atoms with Crippen molar-refractivity contribution in [2.45, 2.75) is 19.6 Å². The van der Waals surface area contributed by atoms with E-state index in [0.717, 1.165) is 19.6 Å². The number of hydrogen-bond donors (Lipinski definition) is 3. The Labute approximate surface area is 248 Å². The van der Waals surface area contributed by atoms with Crippen molar-refractivity contribution in [3.05, 3.63) is 138 Å². The highest BCUT2D eigenvalue weighted by atomic mass is 28.4. The molecular weight excluding hydrogens is 530 g/mol. The van der Waals surface area contributed by atoms with Crippen molar-refractivity contribution in [3.8, 4) is 5.75 Å². The summed E-state index contributed by atoms with van der Waals surface area (Å²) in [7, 11) is 8.06. The van der Waals surface area contributed by atoms with Crippen LogP contribution in [0.25, 0.3) is 0 Å². The fourth-order valence-corrected chi connectivity index (χ4v) is 3.94. The zero-order valence-electron chi connectivity index (χ0n) is 25.3. The van der Waals surface area contributed by atoms with E-state index in [0.29, 0.717) is 0 Å². The maximum atomic E-state index is 8.50. The van der Waals surface area contributed by atoms with E-state index in [1.807, 2.05) is 18.2 Å². The van der Waals surface area contributed by atoms with Gasteiger partial charge in [-0.05, 0) is 71.1 Å². The summed E-state index contributed by atoms with van der Waals surface area (Å²) in [5, 5.41) is 0. The van der Waals surface area contributed by atoms with Crippen LogP contribution >= 0.6 is 0 Å². The highest BCUT2D eigenvalue weighted by Crippen LogP contribution is 2.10. The Hall–Kier alpha value is -3.34. The third-order valence-corrected chi connectivity index (χ3v) is 5.53. The third kappa shape index (κ3) is 21.1. The lowest BCUT2D eigenvalue weighted by atomic mass is 10.2. The number of para-hydroxylation sites is 1. The first-order valence-corrected chi connectivity index (χ1v) is 15.2. The zero-order valence-corrected chi connectivity index (χ0v) is 26.3. The van der Waals surface area contributed by atoms with Crippen LogP contribution in [0.1, 0.15) is 16.7 Å². The Bertz CT molecular complexity index is 1030. The highest BCUT2D eigenvalue weighted by Gasteiger charge is 2.33. The van der Waals surface area contributed by atoms with Gasteiger partial charge in [0.05, 0.1) is 0 Å². The van der Waals surface area contributed by atoms with Gasteiger partial charge in [-0.2, -0.15) is 0 Å². The molecule has 4 rings (SSSR count). The monoisotopic (exact) mass is 577 g/mol. The molecule has 0 saturated carbocycles. The fraction of sp³-hybridized carbons (Fsp3) is 0.273. The van der Waals surface area contributed by atoms with E-state index in [4.69, 9.17) is 14.4 Å². The molecule has 0 spiro atoms. The van der Waals surface area contributed by atoms with E-state index in [1.54, 1.807) is 18.2 Å². The summed E-state index contributed by atoms with van der Waals surface area (Å²) in [6, 6.07) is 39.5. The van der Waals surface area contributed by atoms with Crippen LogP contribution in [0.4, 0.5) is 0 Å². The van der Waals surface area contributed by atoms with Gasteiger partial charge in [0.25, 0.3) is 0 Å². The first-order chi connectivity index (χ1) is 19.4. The maximum Gasteiger partial charge on any atom is 0.741 e. The lowest BCUT2D eigenvalue weighted by molar-refractivity contribution is 0.128. The quantitative estimate of drug-likeness (QED) is 0.262. The summed E-state index contributed by atoms with van der Waals surface area (Å²) in [5.41, 5.74) is 4.10. The number of nitrogens with zero attached hydrogens (tertiary/aromatic N) is 3. The molecule has 0 unspecified atom stereocenters. The molecular formula is C33H47N3O4Si. The van der Waals surface area contributed by atoms with Crippen LogP contribution in [-0.2, 0) is 19.6 Å². The Kier molecular flexibility index (Phi) is 17.9. The lowest BCUT2D eigenvalue weighted by Gasteiger charge is -2.10. The predicted octanol–water partition coefficient (Wildman–Crippen LogP) is 4.72. The van der Waals surface area contributed by atoms with Crippen molar-refractivity contribution in [1.29, 1.82) is 0 Å². The minimum atomic E-state index is -4.40. The molecule has 0 aromatic heterocycles. The lowest BCUT2D eigenvalue weighted by Crippen LogP contribution is -2.42. The molecule has 7 nitrogen and oxygen atoms in total. The molecule has 0 bridgehead atoms. The first kappa shape index (κ1) is 35.7. The second kappa shape index (κ2) is 20.5. The second-order valence-corrected chi connectivity index (χ2v) is 11.5. The predicted molar refractivity (Wildman–Crippen MR) is 171 cm³/mol. The number of hydrogen-bond acceptors (Lipinski definition) is 7. The highest BCUT2D eigenvalue weighted by molar-refractivity contribution is 6.49. The summed E-state index contributed by atoms with van der Waals surface area (Å²) < 4.78 is 4.41. The molecule has 0 atom stereocenters. The van der Waals surface area contributed by atoms with Gasteiger partial charge in [0.15, 0.2) is 0 Å². The van der Waals surface area contributed by atoms with Gasteiger partial charge in [0.1, 0.15) is 5.75 Å². The van der Waals surface area contributed by atoms with Crippen LogP contribution < -0.4 is 4.43 Å². The number of rotatable bonds is 8. The van der Waals surface area contributed by atoms with Crippen LogP contribution in [0.15, 0.2) is 121 Å². The fourth-order valence-electron chi connectivity index (χ4n) is 3.49. The summed E-state index contributed by atoms with van der Waals surface area (Å²) in [5.74, 6) is 0.242. The van der Waals surface area contributed by atoms with Crippen LogP contribution in [0.2, 0.25) is 0 Å². The van der Waals surface area contributed by atoms with Crippen molar-refractivity contribution >= 4 is 9.05 Å². The molecule has 0 aliphatic carbocycles. The Morgan fingerprint density at radius 1 is 0.439 bits per heavy atom. The molecule has 4 aromatic rings. The molecule has 0 aliphatic rings. The minimum absolute atomic E-state index is 0.242. The zero-order chi connectivity index (χ0) is 30.5. The molecule has 0 aliphatic heterocycles. The normalized spacial score (nSPS) is 10.5. The van der Waals surface area contributed by atoms with E-state index in [-0.39, 0.29) is 5.75 Å². The molecule has 0 heterocycles. The van der Waals surface area contributed by atoms with Gasteiger partial charge in [0.2, 0.25) is 0 Å². The SMILES string of the molecule is CN(C)Cc1ccccc1.CN(C)Cc1ccccc1.CN(C)Cc1ccccc1.O[Si](O)(O)Oc1ccccc1. The van der Waals surface area contributed by atoms with Gasteiger partial charge in [0, 0.05) is 19.6 Å². The molecule has 0 fully saturated rings. The number of benzene rings is 4. The topological polar surface area (TPSA) is 79.6 Å². The second-order valence-electron chi connectivity index (χ2n) is 10.2. The van der Waals surface area contributed by atoms with E-state index in [2.05, 4.69) is 134 Å². The van der Waals surface area contributed by atoms with Gasteiger partial charge in [-0.3, -0.25) is 0 Å². The van der Waals surface area contributed by atoms with Crippen molar-refractivity contribution < 1.29 is 18.8 Å². The Morgan fingerprint density at radius 2 is 0.683 bits per heavy atom. The summed E-state index contributed by atoms with van der Waals surface area (Å²) in [6.07, 6.45) is 0. The molecule has 0 saturated heterocycles. The van der Waals surface area contributed by atoms with Gasteiger partial charge in [-0.25, -0.2) is 0 Å². The molecule has 222 valence electrons. The van der Waals surface area contributed by atoms with Crippen LogP contribution in [0.3, 0.4) is 0 Å². The van der Waals surface area contributed by atoms with Gasteiger partial charge in [-0.1, -0.05) is 109 Å². The van der Waals surface area contributed by atoms with Gasteiger partial charge < -0.3 is 33.5 Å². The molecule has 8 heteroatoms. The van der Waals surface area contributed by atoms with Crippen molar-refractivity contribution in [2.75, 3.05) is 42.3 Å². The van der Waals surface area contributed by atoms with E-state index < -0.39 is 9.05 Å². The Balaban J connectivity index is 0.000000274. The molecule has 41 heavy (non-hydrogen) atoms. The first-order valence-electron chi connectivity index (χ1n) is 13.4. The van der Waals surface area contributed by atoms with E-state index in [1.165, 1.54) is 28.8 Å². The van der Waals surface area contributed by atoms with Crippen molar-refractivity contribution in [2.24, 2.45) is 0 Å². The van der Waals surface area contributed by atoms with Crippen molar-refractivity contribution in [1.82, 2.24) is 14.7 Å². The summed E-state index contributed by atoms with van der Waals surface area (Å²) in [6.45, 7) is 3.09. The molecule has 4 aromatic carbocycles. The van der Waals surface area contributed by atoms with E-state index >= 15 is 0 Å². The standard InChI is InChI=1S/3C9H13N.C6H8O4Si/c3*1-10(2)8-9-6-4-3-5-7-9;7-11(8,9)10-6-4-2-1-3-5-6/h3*3-7H,8H2,1-2H3;1-5,7-9H. The summed E-state index contributed by atoms with van der Waals surface area (Å²) >= 11 is 0. The van der Waals surface area contributed by atoms with Gasteiger partial charge >= 0.3 is 9.05 Å². The van der Waals surface area contributed by atoms with Gasteiger partial charge in [-0.15, -0.1) is 0 Å². The van der Waals surface area contributed by atoms with Crippen LogP contribution in [0.5, 0.6) is 5.75 Å².